The van der Waals surface area contributed by atoms with Crippen LogP contribution in [0.5, 0.6) is 0 Å². The molecule has 1 aromatic rings. The molecule has 0 spiro atoms. The minimum Gasteiger partial charge on any atom is -0.389 e. The van der Waals surface area contributed by atoms with Crippen LogP contribution in [0.4, 0.5) is 5.69 Å². The fraction of sp³-hybridized carbons (Fsp3) is 0.462. The van der Waals surface area contributed by atoms with Gasteiger partial charge in [0.05, 0.1) is 0 Å². The maximum absolute atomic E-state index is 12.3. The fourth-order valence-corrected chi connectivity index (χ4v) is 3.97. The molecule has 1 saturated heterocycles. The first kappa shape index (κ1) is 15.2. The molecule has 0 saturated carbocycles. The lowest BCUT2D eigenvalue weighted by Crippen LogP contribution is -2.44. The summed E-state index contributed by atoms with van der Waals surface area (Å²) in [5, 5.41) is 0. The van der Waals surface area contributed by atoms with Crippen molar-refractivity contribution in [3.05, 3.63) is 29.8 Å². The van der Waals surface area contributed by atoms with Crippen LogP contribution in [0, 0.1) is 0 Å². The molecular weight excluding hydrogens is 294 g/mol. The summed E-state index contributed by atoms with van der Waals surface area (Å²) in [5.74, 6) is 0. The number of benzene rings is 1. The molecule has 1 aromatic carbocycles. The molecule has 1 aliphatic heterocycles. The highest BCUT2D eigenvalue weighted by atomic mass is 32.2. The molecule has 3 N–H and O–H groups in total. The number of piperidine rings is 1. The zero-order valence-corrected chi connectivity index (χ0v) is 13.0. The zero-order chi connectivity index (χ0) is 14.8. The Labute approximate surface area is 125 Å². The van der Waals surface area contributed by atoms with Gasteiger partial charge in [-0.1, -0.05) is 18.6 Å². The van der Waals surface area contributed by atoms with E-state index >= 15 is 0 Å². The Kier molecular flexibility index (Phi) is 4.62. The van der Waals surface area contributed by atoms with Gasteiger partial charge >= 0.3 is 10.2 Å². The van der Waals surface area contributed by atoms with Crippen molar-refractivity contribution in [2.24, 2.45) is 5.73 Å². The van der Waals surface area contributed by atoms with Gasteiger partial charge in [0.15, 0.2) is 0 Å². The maximum Gasteiger partial charge on any atom is 0.301 e. The standard InChI is InChI=1S/C13H19N3O2S2/c1-10-4-2-3-9-16(10)20(17,18)15-12-7-5-11(6-8-12)13(14)19/h5-8,10,15H,2-4,9H2,1H3,(H2,14,19). The van der Waals surface area contributed by atoms with Crippen molar-refractivity contribution in [2.75, 3.05) is 11.3 Å². The lowest BCUT2D eigenvalue weighted by molar-refractivity contribution is 0.270. The molecule has 1 fully saturated rings. The summed E-state index contributed by atoms with van der Waals surface area (Å²) in [6.45, 7) is 2.51. The molecule has 1 unspecified atom stereocenters. The molecule has 0 amide bonds. The van der Waals surface area contributed by atoms with Crippen LogP contribution in [0.3, 0.4) is 0 Å². The smallest absolute Gasteiger partial charge is 0.301 e. The normalized spacial score (nSPS) is 20.6. The summed E-state index contributed by atoms with van der Waals surface area (Å²) in [4.78, 5) is 0.295. The SMILES string of the molecule is CC1CCCCN1S(=O)(=O)Nc1ccc(C(N)=S)cc1. The second kappa shape index (κ2) is 6.07. The van der Waals surface area contributed by atoms with Crippen LogP contribution < -0.4 is 10.5 Å². The van der Waals surface area contributed by atoms with E-state index in [2.05, 4.69) is 4.72 Å². The van der Waals surface area contributed by atoms with Crippen molar-refractivity contribution >= 4 is 33.1 Å². The highest BCUT2D eigenvalue weighted by molar-refractivity contribution is 7.90. The highest BCUT2D eigenvalue weighted by Crippen LogP contribution is 2.21. The first-order chi connectivity index (χ1) is 9.40. The van der Waals surface area contributed by atoms with E-state index in [1.165, 1.54) is 4.31 Å². The molecule has 5 nitrogen and oxygen atoms in total. The van der Waals surface area contributed by atoms with Crippen LogP contribution >= 0.6 is 12.2 Å². The Bertz CT molecular complexity index is 584. The van der Waals surface area contributed by atoms with E-state index < -0.39 is 10.2 Å². The van der Waals surface area contributed by atoms with Crippen LogP contribution in [0.1, 0.15) is 31.7 Å². The number of rotatable bonds is 4. The van der Waals surface area contributed by atoms with Gasteiger partial charge in [-0.25, -0.2) is 0 Å². The van der Waals surface area contributed by atoms with E-state index in [-0.39, 0.29) is 6.04 Å². The number of nitrogens with one attached hydrogen (secondary N) is 1. The van der Waals surface area contributed by atoms with Gasteiger partial charge in [-0.2, -0.15) is 12.7 Å². The van der Waals surface area contributed by atoms with Gasteiger partial charge in [0.2, 0.25) is 0 Å². The van der Waals surface area contributed by atoms with Crippen molar-refractivity contribution in [1.82, 2.24) is 4.31 Å². The summed E-state index contributed by atoms with van der Waals surface area (Å²) >= 11 is 4.86. The molecule has 0 aliphatic carbocycles. The summed E-state index contributed by atoms with van der Waals surface area (Å²) in [5.41, 5.74) is 6.74. The van der Waals surface area contributed by atoms with E-state index in [0.29, 0.717) is 22.8 Å². The Morgan fingerprint density at radius 1 is 1.35 bits per heavy atom. The lowest BCUT2D eigenvalue weighted by Gasteiger charge is -2.32. The van der Waals surface area contributed by atoms with Crippen molar-refractivity contribution in [1.29, 1.82) is 0 Å². The quantitative estimate of drug-likeness (QED) is 0.832. The Morgan fingerprint density at radius 2 is 2.00 bits per heavy atom. The Morgan fingerprint density at radius 3 is 2.55 bits per heavy atom. The van der Waals surface area contributed by atoms with Gasteiger partial charge in [0.25, 0.3) is 0 Å². The second-order valence-electron chi connectivity index (χ2n) is 5.00. The van der Waals surface area contributed by atoms with Crippen molar-refractivity contribution in [2.45, 2.75) is 32.2 Å². The molecule has 1 atom stereocenters. The molecule has 0 radical (unpaired) electrons. The first-order valence-electron chi connectivity index (χ1n) is 6.59. The molecule has 7 heteroatoms. The molecule has 110 valence electrons. The average molecular weight is 313 g/mol. The van der Waals surface area contributed by atoms with Gasteiger partial charge in [-0.3, -0.25) is 4.72 Å². The number of nitrogens with two attached hydrogens (primary N) is 1. The predicted molar refractivity (Wildman–Crippen MR) is 84.9 cm³/mol. The third-order valence-electron chi connectivity index (χ3n) is 3.47. The third kappa shape index (κ3) is 3.47. The second-order valence-corrected chi connectivity index (χ2v) is 7.07. The summed E-state index contributed by atoms with van der Waals surface area (Å²) < 4.78 is 28.8. The number of hydrogen-bond donors (Lipinski definition) is 2. The number of nitrogens with zero attached hydrogens (tertiary/aromatic N) is 1. The fourth-order valence-electron chi connectivity index (χ4n) is 2.34. The summed E-state index contributed by atoms with van der Waals surface area (Å²) in [6.07, 6.45) is 2.89. The molecule has 20 heavy (non-hydrogen) atoms. The topological polar surface area (TPSA) is 75.4 Å². The summed E-state index contributed by atoms with van der Waals surface area (Å²) in [7, 11) is -3.50. The monoisotopic (exact) mass is 313 g/mol. The van der Waals surface area contributed by atoms with Crippen LogP contribution in [-0.4, -0.2) is 30.3 Å². The van der Waals surface area contributed by atoms with Gasteiger partial charge in [-0.05, 0) is 44.0 Å². The van der Waals surface area contributed by atoms with Crippen LogP contribution in [-0.2, 0) is 10.2 Å². The minimum absolute atomic E-state index is 0.0390. The predicted octanol–water partition coefficient (Wildman–Crippen LogP) is 1.85. The van der Waals surface area contributed by atoms with Crippen LogP contribution in [0.2, 0.25) is 0 Å². The van der Waals surface area contributed by atoms with Gasteiger partial charge < -0.3 is 5.73 Å². The molecular formula is C13H19N3O2S2. The van der Waals surface area contributed by atoms with Crippen molar-refractivity contribution < 1.29 is 8.42 Å². The number of anilines is 1. The van der Waals surface area contributed by atoms with E-state index in [9.17, 15) is 8.42 Å². The molecule has 0 aromatic heterocycles. The van der Waals surface area contributed by atoms with Crippen LogP contribution in [0.15, 0.2) is 24.3 Å². The number of thiocarbonyl (C=S) groups is 1. The third-order valence-corrected chi connectivity index (χ3v) is 5.36. The minimum atomic E-state index is -3.50. The number of hydrogen-bond acceptors (Lipinski definition) is 3. The molecule has 1 aliphatic rings. The average Bonchev–Trinajstić information content (AvgIpc) is 2.39. The molecule has 1 heterocycles. The zero-order valence-electron chi connectivity index (χ0n) is 11.4. The molecule has 2 rings (SSSR count). The van der Waals surface area contributed by atoms with Crippen molar-refractivity contribution in [3.63, 3.8) is 0 Å². The van der Waals surface area contributed by atoms with E-state index in [1.54, 1.807) is 24.3 Å². The maximum atomic E-state index is 12.3. The van der Waals surface area contributed by atoms with Gasteiger partial charge in [0, 0.05) is 23.8 Å². The largest absolute Gasteiger partial charge is 0.389 e. The lowest BCUT2D eigenvalue weighted by atomic mass is 10.1. The van der Waals surface area contributed by atoms with Gasteiger partial charge in [-0.15, -0.1) is 0 Å². The van der Waals surface area contributed by atoms with E-state index in [0.717, 1.165) is 19.3 Å². The molecule has 0 bridgehead atoms. The first-order valence-corrected chi connectivity index (χ1v) is 8.44. The summed E-state index contributed by atoms with van der Waals surface area (Å²) in [6, 6.07) is 6.79. The Hall–Kier alpha value is -1.18. The highest BCUT2D eigenvalue weighted by Gasteiger charge is 2.29. The van der Waals surface area contributed by atoms with E-state index in [1.807, 2.05) is 6.92 Å². The van der Waals surface area contributed by atoms with Gasteiger partial charge in [0.1, 0.15) is 4.99 Å². The Balaban J connectivity index is 2.13. The van der Waals surface area contributed by atoms with Crippen LogP contribution in [0.25, 0.3) is 0 Å². The van der Waals surface area contributed by atoms with E-state index in [4.69, 9.17) is 18.0 Å². The van der Waals surface area contributed by atoms with Crippen molar-refractivity contribution in [3.8, 4) is 0 Å².